The van der Waals surface area contributed by atoms with Gasteiger partial charge < -0.3 is 25.4 Å². The van der Waals surface area contributed by atoms with Crippen molar-refractivity contribution in [2.24, 2.45) is 0 Å². The summed E-state index contributed by atoms with van der Waals surface area (Å²) in [5.74, 6) is 0.305. The van der Waals surface area contributed by atoms with Crippen LogP contribution in [0, 0.1) is 13.8 Å². The zero-order valence-corrected chi connectivity index (χ0v) is 20.5. The molecule has 0 bridgehead atoms. The second-order valence-corrected chi connectivity index (χ2v) is 9.12. The van der Waals surface area contributed by atoms with Crippen molar-refractivity contribution < 1.29 is 23.9 Å². The summed E-state index contributed by atoms with van der Waals surface area (Å²) >= 11 is 0. The first-order valence-electron chi connectivity index (χ1n) is 11.1. The van der Waals surface area contributed by atoms with Crippen LogP contribution >= 0.6 is 0 Å². The lowest BCUT2D eigenvalue weighted by Crippen LogP contribution is -2.49. The van der Waals surface area contributed by atoms with Gasteiger partial charge in [-0.2, -0.15) is 0 Å². The van der Waals surface area contributed by atoms with Crippen LogP contribution in [0.1, 0.15) is 65.0 Å². The minimum atomic E-state index is -0.642. The lowest BCUT2D eigenvalue weighted by atomic mass is 10.1. The second-order valence-electron chi connectivity index (χ2n) is 9.12. The molecule has 0 aromatic heterocycles. The number of nitrogens with one attached hydrogen (secondary N) is 3. The number of aryl methyl sites for hydroxylation is 2. The number of amides is 3. The standard InChI is InChI=1S/C24H39N3O5/c1-16-11-10-12-17(2)21(16)31-15-18(3)26-22(29)20(27-19(4)28)13-8-9-14-25-23(30)32-24(5,6)7/h10-12,18,20H,8-9,13-15H2,1-7H3,(H,25,30)(H,26,29)(H,27,28)/t18?,20-/m0/s1. The van der Waals surface area contributed by atoms with Crippen LogP contribution in [0.15, 0.2) is 18.2 Å². The second kappa shape index (κ2) is 12.9. The molecule has 3 amide bonds. The van der Waals surface area contributed by atoms with Crippen LogP contribution < -0.4 is 20.7 Å². The zero-order chi connectivity index (χ0) is 24.3. The monoisotopic (exact) mass is 449 g/mol. The number of hydrogen-bond acceptors (Lipinski definition) is 5. The van der Waals surface area contributed by atoms with Gasteiger partial charge in [-0.05, 0) is 71.9 Å². The molecule has 180 valence electrons. The Kier molecular flexibility index (Phi) is 11.0. The number of rotatable bonds is 11. The minimum Gasteiger partial charge on any atom is -0.491 e. The first-order chi connectivity index (χ1) is 14.9. The maximum Gasteiger partial charge on any atom is 0.407 e. The van der Waals surface area contributed by atoms with Crippen LogP contribution in [-0.2, 0) is 14.3 Å². The molecule has 8 heteroatoms. The average molecular weight is 450 g/mol. The van der Waals surface area contributed by atoms with Gasteiger partial charge in [0.15, 0.2) is 0 Å². The Morgan fingerprint density at radius 1 is 1.03 bits per heavy atom. The molecule has 0 saturated carbocycles. The largest absolute Gasteiger partial charge is 0.491 e. The smallest absolute Gasteiger partial charge is 0.407 e. The van der Waals surface area contributed by atoms with E-state index in [4.69, 9.17) is 9.47 Å². The van der Waals surface area contributed by atoms with Crippen LogP contribution in [0.2, 0.25) is 0 Å². The molecule has 1 aromatic carbocycles. The van der Waals surface area contributed by atoms with Crippen LogP contribution in [0.3, 0.4) is 0 Å². The van der Waals surface area contributed by atoms with Crippen LogP contribution in [0.25, 0.3) is 0 Å². The molecule has 0 radical (unpaired) electrons. The van der Waals surface area contributed by atoms with Crippen molar-refractivity contribution in [1.82, 2.24) is 16.0 Å². The van der Waals surface area contributed by atoms with Crippen molar-refractivity contribution in [3.8, 4) is 5.75 Å². The van der Waals surface area contributed by atoms with Gasteiger partial charge in [0.25, 0.3) is 0 Å². The van der Waals surface area contributed by atoms with E-state index < -0.39 is 17.7 Å². The minimum absolute atomic E-state index is 0.230. The van der Waals surface area contributed by atoms with Gasteiger partial charge in [0, 0.05) is 13.5 Å². The lowest BCUT2D eigenvalue weighted by molar-refractivity contribution is -0.128. The third-order valence-corrected chi connectivity index (χ3v) is 4.56. The molecule has 0 spiro atoms. The SMILES string of the molecule is CC(=O)N[C@@H](CCCCNC(=O)OC(C)(C)C)C(=O)NC(C)COc1c(C)cccc1C. The molecule has 1 rings (SSSR count). The maximum atomic E-state index is 12.7. The van der Waals surface area contributed by atoms with E-state index in [-0.39, 0.29) is 17.9 Å². The quantitative estimate of drug-likeness (QED) is 0.449. The van der Waals surface area contributed by atoms with Crippen molar-refractivity contribution in [2.45, 2.75) is 85.4 Å². The molecule has 0 heterocycles. The van der Waals surface area contributed by atoms with E-state index in [2.05, 4.69) is 16.0 Å². The number of benzene rings is 1. The Morgan fingerprint density at radius 2 is 1.66 bits per heavy atom. The molecule has 0 aliphatic rings. The topological polar surface area (TPSA) is 106 Å². The summed E-state index contributed by atoms with van der Waals surface area (Å²) in [7, 11) is 0. The van der Waals surface area contributed by atoms with Crippen LogP contribution in [0.4, 0.5) is 4.79 Å². The van der Waals surface area contributed by atoms with Crippen LogP contribution in [-0.4, -0.2) is 48.7 Å². The van der Waals surface area contributed by atoms with Gasteiger partial charge >= 0.3 is 6.09 Å². The maximum absolute atomic E-state index is 12.7. The first kappa shape index (κ1) is 27.3. The number of carbonyl (C=O) groups excluding carboxylic acids is 3. The molecule has 2 atom stereocenters. The Bertz CT molecular complexity index is 753. The van der Waals surface area contributed by atoms with Gasteiger partial charge in [0.1, 0.15) is 24.0 Å². The normalized spacial score (nSPS) is 13.0. The van der Waals surface area contributed by atoms with E-state index in [9.17, 15) is 14.4 Å². The summed E-state index contributed by atoms with van der Waals surface area (Å²) in [5.41, 5.74) is 1.54. The average Bonchev–Trinajstić information content (AvgIpc) is 2.64. The highest BCUT2D eigenvalue weighted by molar-refractivity contribution is 5.86. The molecular weight excluding hydrogens is 410 g/mol. The predicted molar refractivity (Wildman–Crippen MR) is 125 cm³/mol. The number of ether oxygens (including phenoxy) is 2. The molecule has 1 unspecified atom stereocenters. The summed E-state index contributed by atoms with van der Waals surface area (Å²) < 4.78 is 11.1. The van der Waals surface area contributed by atoms with Crippen molar-refractivity contribution in [1.29, 1.82) is 0 Å². The fourth-order valence-electron chi connectivity index (χ4n) is 3.11. The lowest BCUT2D eigenvalue weighted by Gasteiger charge is -2.22. The van der Waals surface area contributed by atoms with Gasteiger partial charge in [0.05, 0.1) is 6.04 Å². The molecule has 0 aliphatic carbocycles. The molecule has 0 saturated heterocycles. The fraction of sp³-hybridized carbons (Fsp3) is 0.625. The Labute approximate surface area is 191 Å². The fourth-order valence-corrected chi connectivity index (χ4v) is 3.11. The highest BCUT2D eigenvalue weighted by Gasteiger charge is 2.21. The van der Waals surface area contributed by atoms with Gasteiger partial charge in [0.2, 0.25) is 11.8 Å². The van der Waals surface area contributed by atoms with Crippen molar-refractivity contribution in [3.63, 3.8) is 0 Å². The van der Waals surface area contributed by atoms with E-state index in [1.54, 1.807) is 20.8 Å². The Balaban J connectivity index is 2.46. The number of alkyl carbamates (subject to hydrolysis) is 1. The highest BCUT2D eigenvalue weighted by atomic mass is 16.6. The van der Waals surface area contributed by atoms with E-state index in [0.717, 1.165) is 16.9 Å². The molecule has 32 heavy (non-hydrogen) atoms. The zero-order valence-electron chi connectivity index (χ0n) is 20.5. The van der Waals surface area contributed by atoms with Gasteiger partial charge in [-0.1, -0.05) is 18.2 Å². The molecule has 3 N–H and O–H groups in total. The number of carbonyl (C=O) groups is 3. The summed E-state index contributed by atoms with van der Waals surface area (Å²) in [6.07, 6.45) is 1.31. The van der Waals surface area contributed by atoms with Crippen molar-refractivity contribution in [2.75, 3.05) is 13.2 Å². The van der Waals surface area contributed by atoms with Gasteiger partial charge in [-0.15, -0.1) is 0 Å². The van der Waals surface area contributed by atoms with Gasteiger partial charge in [-0.25, -0.2) is 4.79 Å². The van der Waals surface area contributed by atoms with Crippen molar-refractivity contribution in [3.05, 3.63) is 29.3 Å². The summed E-state index contributed by atoms with van der Waals surface area (Å²) in [6.45, 7) is 13.4. The number of para-hydroxylation sites is 1. The third kappa shape index (κ3) is 11.0. The Morgan fingerprint density at radius 3 is 2.22 bits per heavy atom. The van der Waals surface area contributed by atoms with Crippen molar-refractivity contribution >= 4 is 17.9 Å². The number of hydrogen-bond donors (Lipinski definition) is 3. The van der Waals surface area contributed by atoms with E-state index in [1.165, 1.54) is 6.92 Å². The third-order valence-electron chi connectivity index (χ3n) is 4.56. The summed E-state index contributed by atoms with van der Waals surface area (Å²) in [5, 5.41) is 8.31. The molecule has 0 aliphatic heterocycles. The first-order valence-corrected chi connectivity index (χ1v) is 11.1. The molecule has 0 fully saturated rings. The summed E-state index contributed by atoms with van der Waals surface area (Å²) in [4.78, 5) is 35.9. The highest BCUT2D eigenvalue weighted by Crippen LogP contribution is 2.22. The van der Waals surface area contributed by atoms with E-state index >= 15 is 0 Å². The van der Waals surface area contributed by atoms with E-state index in [0.29, 0.717) is 32.4 Å². The van der Waals surface area contributed by atoms with E-state index in [1.807, 2.05) is 39.0 Å². The number of unbranched alkanes of at least 4 members (excludes halogenated alkanes) is 1. The molecule has 8 nitrogen and oxygen atoms in total. The van der Waals surface area contributed by atoms with Gasteiger partial charge in [-0.3, -0.25) is 9.59 Å². The Hall–Kier alpha value is -2.77. The molecular formula is C24H39N3O5. The van der Waals surface area contributed by atoms with Crippen LogP contribution in [0.5, 0.6) is 5.75 Å². The molecule has 1 aromatic rings. The summed E-state index contributed by atoms with van der Waals surface area (Å²) in [6, 6.07) is 5.07. The predicted octanol–water partition coefficient (Wildman–Crippen LogP) is 3.39.